The second-order valence-corrected chi connectivity index (χ2v) is 9.03. The summed E-state index contributed by atoms with van der Waals surface area (Å²) < 4.78 is 26.7. The number of hydrogen-bond donors (Lipinski definition) is 0. The fourth-order valence-electron chi connectivity index (χ4n) is 3.00. The molecular weight excluding hydrogens is 414 g/mol. The van der Waals surface area contributed by atoms with Crippen molar-refractivity contribution in [2.75, 3.05) is 0 Å². The molecule has 0 radical (unpaired) electrons. The van der Waals surface area contributed by atoms with Gasteiger partial charge >= 0.3 is 0 Å². The van der Waals surface area contributed by atoms with Gasteiger partial charge in [-0.1, -0.05) is 39.7 Å². The third-order valence-corrected chi connectivity index (χ3v) is 7.31. The van der Waals surface area contributed by atoms with Crippen LogP contribution in [0.3, 0.4) is 0 Å². The standard InChI is InChI=1S/C17H11BrClNO3S/c18-12-3-1-11(2-4-12)15-16(17(15,9-20)10-21)24(22,23)14-7-5-13(19)6-8-14/h1-8,10,15-16H/t15-,16+,17+/m1/s1. The molecule has 0 unspecified atom stereocenters. The fourth-order valence-corrected chi connectivity index (χ4v) is 5.63. The van der Waals surface area contributed by atoms with E-state index in [0.717, 1.165) is 4.47 Å². The Balaban J connectivity index is 2.08. The van der Waals surface area contributed by atoms with E-state index >= 15 is 0 Å². The van der Waals surface area contributed by atoms with E-state index in [1.807, 2.05) is 6.07 Å². The van der Waals surface area contributed by atoms with Crippen LogP contribution in [0.15, 0.2) is 57.9 Å². The molecule has 3 rings (SSSR count). The van der Waals surface area contributed by atoms with Crippen molar-refractivity contribution >= 4 is 43.7 Å². The molecule has 2 aromatic carbocycles. The SMILES string of the molecule is N#C[C@]1(C=O)[C@H](c2ccc(Br)cc2)[C@@H]1S(=O)(=O)c1ccc(Cl)cc1. The number of benzene rings is 2. The van der Waals surface area contributed by atoms with Crippen molar-refractivity contribution in [1.82, 2.24) is 0 Å². The maximum atomic E-state index is 12.9. The Hall–Kier alpha value is -1.68. The van der Waals surface area contributed by atoms with E-state index in [-0.39, 0.29) is 4.90 Å². The molecular formula is C17H11BrClNO3S. The molecule has 0 aliphatic heterocycles. The third-order valence-electron chi connectivity index (χ3n) is 4.27. The lowest BCUT2D eigenvalue weighted by Crippen LogP contribution is -2.16. The summed E-state index contributed by atoms with van der Waals surface area (Å²) in [4.78, 5) is 11.6. The Bertz CT molecular complexity index is 935. The molecule has 0 N–H and O–H groups in total. The summed E-state index contributed by atoms with van der Waals surface area (Å²) in [6.45, 7) is 0. The highest BCUT2D eigenvalue weighted by atomic mass is 79.9. The number of nitriles is 1. The van der Waals surface area contributed by atoms with E-state index < -0.39 is 26.4 Å². The molecule has 24 heavy (non-hydrogen) atoms. The molecule has 0 amide bonds. The first-order valence-corrected chi connectivity index (χ1v) is 9.71. The lowest BCUT2D eigenvalue weighted by Gasteiger charge is -2.04. The van der Waals surface area contributed by atoms with Crippen LogP contribution >= 0.6 is 27.5 Å². The third kappa shape index (κ3) is 2.57. The monoisotopic (exact) mass is 423 g/mol. The summed E-state index contributed by atoms with van der Waals surface area (Å²) in [5.41, 5.74) is -0.916. The van der Waals surface area contributed by atoms with Gasteiger partial charge in [-0.3, -0.25) is 0 Å². The smallest absolute Gasteiger partial charge is 0.183 e. The van der Waals surface area contributed by atoms with Gasteiger partial charge in [0.05, 0.1) is 11.0 Å². The van der Waals surface area contributed by atoms with Crippen LogP contribution in [-0.2, 0) is 14.6 Å². The molecule has 0 saturated heterocycles. The number of carbonyl (C=O) groups is 1. The van der Waals surface area contributed by atoms with Gasteiger partial charge in [0, 0.05) is 15.4 Å². The molecule has 122 valence electrons. The summed E-state index contributed by atoms with van der Waals surface area (Å²) in [5, 5.41) is 8.80. The van der Waals surface area contributed by atoms with Gasteiger partial charge in [0.2, 0.25) is 0 Å². The molecule has 7 heteroatoms. The van der Waals surface area contributed by atoms with Gasteiger partial charge in [-0.2, -0.15) is 5.26 Å². The normalized spacial score (nSPS) is 25.7. The van der Waals surface area contributed by atoms with Crippen molar-refractivity contribution in [3.63, 3.8) is 0 Å². The van der Waals surface area contributed by atoms with E-state index in [9.17, 15) is 18.5 Å². The average Bonchev–Trinajstić information content (AvgIpc) is 3.26. The molecule has 1 saturated carbocycles. The van der Waals surface area contributed by atoms with E-state index in [0.29, 0.717) is 16.9 Å². The summed E-state index contributed by atoms with van der Waals surface area (Å²) >= 11 is 9.11. The fraction of sp³-hybridized carbons (Fsp3) is 0.176. The minimum absolute atomic E-state index is 0.0537. The van der Waals surface area contributed by atoms with Crippen molar-refractivity contribution < 1.29 is 13.2 Å². The van der Waals surface area contributed by atoms with Gasteiger partial charge in [0.25, 0.3) is 0 Å². The van der Waals surface area contributed by atoms with E-state index in [4.69, 9.17) is 11.6 Å². The molecule has 0 spiro atoms. The Morgan fingerprint density at radius 3 is 2.21 bits per heavy atom. The summed E-state index contributed by atoms with van der Waals surface area (Å²) in [5.74, 6) is -0.686. The van der Waals surface area contributed by atoms with Crippen molar-refractivity contribution in [3.05, 3.63) is 63.6 Å². The minimum atomic E-state index is -3.85. The molecule has 1 fully saturated rings. The number of sulfone groups is 1. The van der Waals surface area contributed by atoms with Crippen LogP contribution in [0.2, 0.25) is 5.02 Å². The zero-order valence-corrected chi connectivity index (χ0v) is 15.3. The first-order chi connectivity index (χ1) is 11.4. The Labute approximate surface area is 153 Å². The molecule has 1 aliphatic carbocycles. The number of rotatable bonds is 4. The highest BCUT2D eigenvalue weighted by molar-refractivity contribution is 9.10. The van der Waals surface area contributed by atoms with E-state index in [1.54, 1.807) is 24.3 Å². The summed E-state index contributed by atoms with van der Waals surface area (Å²) in [6.07, 6.45) is 0.456. The van der Waals surface area contributed by atoms with Crippen molar-refractivity contribution in [2.24, 2.45) is 5.41 Å². The van der Waals surface area contributed by atoms with Crippen LogP contribution < -0.4 is 0 Å². The quantitative estimate of drug-likeness (QED) is 0.701. The maximum absolute atomic E-state index is 12.9. The minimum Gasteiger partial charge on any atom is -0.302 e. The van der Waals surface area contributed by atoms with Gasteiger partial charge in [0.1, 0.15) is 17.0 Å². The van der Waals surface area contributed by atoms with Crippen LogP contribution in [0.5, 0.6) is 0 Å². The summed E-state index contributed by atoms with van der Waals surface area (Å²) in [6, 6.07) is 14.6. The zero-order valence-electron chi connectivity index (χ0n) is 12.2. The lowest BCUT2D eigenvalue weighted by molar-refractivity contribution is -0.110. The highest BCUT2D eigenvalue weighted by Gasteiger charge is 2.72. The number of aldehydes is 1. The molecule has 3 atom stereocenters. The van der Waals surface area contributed by atoms with Crippen LogP contribution in [0, 0.1) is 16.7 Å². The maximum Gasteiger partial charge on any atom is 0.183 e. The van der Waals surface area contributed by atoms with Crippen molar-refractivity contribution in [3.8, 4) is 6.07 Å². The molecule has 2 aromatic rings. The first kappa shape index (κ1) is 17.2. The summed E-state index contributed by atoms with van der Waals surface area (Å²) in [7, 11) is -3.85. The Kier molecular flexibility index (Phi) is 4.28. The van der Waals surface area contributed by atoms with Gasteiger partial charge in [0.15, 0.2) is 9.84 Å². The number of carbonyl (C=O) groups excluding carboxylic acids is 1. The van der Waals surface area contributed by atoms with Gasteiger partial charge < -0.3 is 4.79 Å². The molecule has 4 nitrogen and oxygen atoms in total. The van der Waals surface area contributed by atoms with Crippen molar-refractivity contribution in [1.29, 1.82) is 5.26 Å². The van der Waals surface area contributed by atoms with Crippen LogP contribution in [0.4, 0.5) is 0 Å². The first-order valence-electron chi connectivity index (χ1n) is 6.99. The molecule has 0 bridgehead atoms. The number of hydrogen-bond acceptors (Lipinski definition) is 4. The lowest BCUT2D eigenvalue weighted by atomic mass is 10.0. The number of nitrogens with zero attached hydrogens (tertiary/aromatic N) is 1. The van der Waals surface area contributed by atoms with Crippen molar-refractivity contribution in [2.45, 2.75) is 16.1 Å². The Morgan fingerprint density at radius 2 is 1.71 bits per heavy atom. The highest BCUT2D eigenvalue weighted by Crippen LogP contribution is 2.62. The second kappa shape index (κ2) is 5.99. The van der Waals surface area contributed by atoms with Crippen LogP contribution in [-0.4, -0.2) is 20.0 Å². The van der Waals surface area contributed by atoms with E-state index in [1.165, 1.54) is 24.3 Å². The second-order valence-electron chi connectivity index (χ2n) is 5.61. The molecule has 0 aromatic heterocycles. The molecule has 0 heterocycles. The zero-order chi connectivity index (χ0) is 17.5. The van der Waals surface area contributed by atoms with Crippen LogP contribution in [0.1, 0.15) is 11.5 Å². The number of halogens is 2. The molecule has 1 aliphatic rings. The largest absolute Gasteiger partial charge is 0.302 e. The van der Waals surface area contributed by atoms with E-state index in [2.05, 4.69) is 15.9 Å². The average molecular weight is 425 g/mol. The van der Waals surface area contributed by atoms with Gasteiger partial charge in [-0.05, 0) is 42.0 Å². The Morgan fingerprint density at radius 1 is 1.12 bits per heavy atom. The topological polar surface area (TPSA) is 75.0 Å². The predicted molar refractivity (Wildman–Crippen MR) is 93.4 cm³/mol. The van der Waals surface area contributed by atoms with Crippen LogP contribution in [0.25, 0.3) is 0 Å². The van der Waals surface area contributed by atoms with Gasteiger partial charge in [-0.25, -0.2) is 8.42 Å². The predicted octanol–water partition coefficient (Wildman–Crippen LogP) is 3.75. The van der Waals surface area contributed by atoms with Gasteiger partial charge in [-0.15, -0.1) is 0 Å².